The Morgan fingerprint density at radius 2 is 1.45 bits per heavy atom. The van der Waals surface area contributed by atoms with Crippen LogP contribution in [0.5, 0.6) is 0 Å². The lowest BCUT2D eigenvalue weighted by Crippen LogP contribution is -2.36. The van der Waals surface area contributed by atoms with E-state index < -0.39 is 125 Å². The second kappa shape index (κ2) is 6.98. The number of fused-ring (bicyclic) bond motifs is 2. The Morgan fingerprint density at radius 3 is 2.00 bits per heavy atom. The van der Waals surface area contributed by atoms with Crippen molar-refractivity contribution in [2.45, 2.75) is 12.7 Å². The molecular formula is C26H22N2O3. The highest BCUT2D eigenvalue weighted by Crippen LogP contribution is 2.41. The molecule has 2 aliphatic rings. The van der Waals surface area contributed by atoms with E-state index in [1.165, 1.54) is 18.2 Å². The quantitative estimate of drug-likeness (QED) is 0.358. The van der Waals surface area contributed by atoms with Crippen LogP contribution in [-0.2, 0) is 0 Å². The third kappa shape index (κ3) is 2.92. The Morgan fingerprint density at radius 1 is 0.903 bits per heavy atom. The smallest absolute Gasteiger partial charge is 0.363 e. The molecule has 0 bridgehead atoms. The van der Waals surface area contributed by atoms with E-state index in [2.05, 4.69) is 0 Å². The second-order valence-electron chi connectivity index (χ2n) is 6.53. The van der Waals surface area contributed by atoms with E-state index in [1.807, 2.05) is 0 Å². The standard InChI is InChI=1S/C26H22N2O3/c29-26(30)20-6-2-1-5-19(20)25-21-9-7-17(27-11-3-12-27)15-23(21)31-24-16-18(8-10-22(24)25)28-13-4-14-28/h1-2,5-10,15-16H,3-4,11-14H2/i3D2,4D2,7D,8D,9D,10D,11D2,12D2,13D2,14D2,15D,16D. The van der Waals surface area contributed by atoms with Crippen LogP contribution >= 0.6 is 0 Å². The third-order valence-electron chi connectivity index (χ3n) is 4.77. The Kier molecular flexibility index (Phi) is 1.69. The average Bonchev–Trinajstić information content (AvgIpc) is 3.00. The third-order valence-corrected chi connectivity index (χ3v) is 4.77. The maximum Gasteiger partial charge on any atom is 0.363 e. The molecule has 0 atom stereocenters. The van der Waals surface area contributed by atoms with E-state index in [0.29, 0.717) is 0 Å². The summed E-state index contributed by atoms with van der Waals surface area (Å²) in [4.78, 5) is 12.5. The highest BCUT2D eigenvalue weighted by atomic mass is 16.4. The maximum atomic E-state index is 12.3. The van der Waals surface area contributed by atoms with Crippen molar-refractivity contribution in [3.8, 4) is 11.1 Å². The molecule has 5 nitrogen and oxygen atoms in total. The molecular weight excluding hydrogens is 388 g/mol. The van der Waals surface area contributed by atoms with E-state index >= 15 is 0 Å². The summed E-state index contributed by atoms with van der Waals surface area (Å²) in [5.74, 6) is -1.77. The number of hydrogen-bond acceptors (Lipinski definition) is 4. The molecule has 0 amide bonds. The summed E-state index contributed by atoms with van der Waals surface area (Å²) >= 11 is 0. The highest BCUT2D eigenvalue weighted by Gasteiger charge is 2.26. The van der Waals surface area contributed by atoms with E-state index in [-0.39, 0.29) is 15.4 Å². The topological polar surface area (TPSA) is 57.9 Å². The summed E-state index contributed by atoms with van der Waals surface area (Å²) in [5, 5.41) is 11.1. The number of benzene rings is 3. The molecule has 0 radical (unpaired) electrons. The van der Waals surface area contributed by atoms with Crippen molar-refractivity contribution in [1.29, 1.82) is 0 Å². The van der Waals surface area contributed by atoms with Gasteiger partial charge in [0.1, 0.15) is 0 Å². The van der Waals surface area contributed by atoms with Gasteiger partial charge in [0.05, 0.1) is 37.1 Å². The molecule has 2 aliphatic heterocycles. The highest BCUT2D eigenvalue weighted by molar-refractivity contribution is 6.12. The normalized spacial score (nSPS) is 33.9. The van der Waals surface area contributed by atoms with Crippen LogP contribution in [0, 0.1) is 0 Å². The minimum absolute atomic E-state index is 0.137. The fourth-order valence-corrected chi connectivity index (χ4v) is 3.31. The van der Waals surface area contributed by atoms with Crippen molar-refractivity contribution in [1.82, 2.24) is 0 Å². The molecule has 5 heteroatoms. The lowest BCUT2D eigenvalue weighted by Gasteiger charge is -2.33. The first kappa shape index (κ1) is 7.52. The fourth-order valence-electron chi connectivity index (χ4n) is 3.31. The van der Waals surface area contributed by atoms with Crippen LogP contribution in [0.2, 0.25) is 0 Å². The van der Waals surface area contributed by atoms with Crippen LogP contribution in [0.4, 0.5) is 11.4 Å². The lowest BCUT2D eigenvalue weighted by molar-refractivity contribution is -0.254. The predicted octanol–water partition coefficient (Wildman–Crippen LogP) is 4.32. The number of rotatable bonds is 4. The van der Waals surface area contributed by atoms with Crippen molar-refractivity contribution < 1.29 is 39.0 Å². The van der Waals surface area contributed by atoms with Crippen molar-refractivity contribution >= 4 is 39.3 Å². The zero-order chi connectivity index (χ0) is 36.9. The number of anilines is 2. The first-order valence-corrected chi connectivity index (χ1v) is 8.99. The molecule has 0 N–H and O–H groups in total. The molecule has 3 heterocycles. The number of aromatic carboxylic acids is 1. The summed E-state index contributed by atoms with van der Waals surface area (Å²) in [7, 11) is 0. The van der Waals surface area contributed by atoms with Gasteiger partial charge in [0.25, 0.3) is 0 Å². The van der Waals surface area contributed by atoms with Crippen LogP contribution in [0.15, 0.2) is 64.9 Å². The van der Waals surface area contributed by atoms with Crippen molar-refractivity contribution in [3.63, 3.8) is 0 Å². The van der Waals surface area contributed by atoms with Gasteiger partial charge in [-0.3, -0.25) is 0 Å². The van der Waals surface area contributed by atoms with Crippen LogP contribution in [0.1, 0.15) is 47.8 Å². The monoisotopic (exact) mass is 428 g/mol. The molecule has 2 saturated heterocycles. The Bertz CT molecular complexity index is 2010. The van der Waals surface area contributed by atoms with Crippen molar-refractivity contribution in [3.05, 3.63) is 66.1 Å². The molecule has 0 unspecified atom stereocenters. The van der Waals surface area contributed by atoms with Gasteiger partial charge in [-0.15, -0.1) is 0 Å². The van der Waals surface area contributed by atoms with Gasteiger partial charge in [-0.1, -0.05) is 24.3 Å². The van der Waals surface area contributed by atoms with Crippen LogP contribution < -0.4 is 14.9 Å². The molecule has 4 aromatic rings. The molecule has 1 aromatic heterocycles. The van der Waals surface area contributed by atoms with Gasteiger partial charge < -0.3 is 19.7 Å². The van der Waals surface area contributed by atoms with Crippen molar-refractivity contribution in [2.75, 3.05) is 35.8 Å². The zero-order valence-electron chi connectivity index (χ0n) is 33.4. The average molecular weight is 429 g/mol. The number of carbonyl (C=O) groups excluding carboxylic acids is 1. The number of hydrogen-bond donors (Lipinski definition) is 0. The molecule has 154 valence electrons. The molecule has 0 saturated carbocycles. The first-order valence-electron chi connectivity index (χ1n) is 18.0. The Labute approximate surface area is 205 Å². The summed E-state index contributed by atoms with van der Waals surface area (Å²) in [6.45, 7) is -12.7. The number of carbonyl (C=O) groups is 1. The van der Waals surface area contributed by atoms with E-state index in [1.54, 1.807) is 0 Å². The second-order valence-corrected chi connectivity index (χ2v) is 6.53. The van der Waals surface area contributed by atoms with E-state index in [0.717, 1.165) is 6.07 Å². The van der Waals surface area contributed by atoms with Gasteiger partial charge in [0.2, 0.25) is 0 Å². The van der Waals surface area contributed by atoms with Gasteiger partial charge in [-0.25, -0.2) is 4.42 Å². The minimum Gasteiger partial charge on any atom is -0.545 e. The van der Waals surface area contributed by atoms with Crippen LogP contribution in [-0.4, -0.2) is 32.0 Å². The number of carboxylic acids is 1. The van der Waals surface area contributed by atoms with Crippen LogP contribution in [0.25, 0.3) is 33.1 Å². The molecule has 6 rings (SSSR count). The molecule has 0 spiro atoms. The molecule has 0 aliphatic carbocycles. The summed E-state index contributed by atoms with van der Waals surface area (Å²) in [6.07, 6.45) is -6.35. The first-order chi connectivity index (χ1) is 22.2. The van der Waals surface area contributed by atoms with Crippen LogP contribution in [0.3, 0.4) is 0 Å². The van der Waals surface area contributed by atoms with Gasteiger partial charge in [0.15, 0.2) is 0 Å². The SMILES string of the molecule is [2H]c1c(N2C([2H])([2H])C([2H])([2H])C2([2H])[2H])c([2H])c2[o+]c3c([2H])c(N4C([2H])([2H])C([2H])([2H])C4([2H])[2H])c([2H])c([2H])c3c(-c3ccccc3C(=O)[O-])c2c1[2H]. The molecule has 31 heavy (non-hydrogen) atoms. The van der Waals surface area contributed by atoms with Gasteiger partial charge in [0, 0.05) is 64.9 Å². The zero-order valence-corrected chi connectivity index (χ0v) is 15.4. The van der Waals surface area contributed by atoms with Gasteiger partial charge in [-0.05, 0) is 42.5 Å². The number of carboxylic acid groups (broad SMARTS) is 1. The van der Waals surface area contributed by atoms with Gasteiger partial charge in [-0.2, -0.15) is 0 Å². The van der Waals surface area contributed by atoms with E-state index in [4.69, 9.17) is 29.1 Å². The Balaban J connectivity index is 1.85. The fraction of sp³-hybridized carbons (Fsp3) is 0.231. The molecule has 2 fully saturated rings. The Hall–Kier alpha value is -3.60. The summed E-state index contributed by atoms with van der Waals surface area (Å²) < 4.78 is 157. The largest absolute Gasteiger partial charge is 0.545 e. The summed E-state index contributed by atoms with van der Waals surface area (Å²) in [5.41, 5.74) is -4.90. The minimum atomic E-state index is -3.18. The molecule has 3 aromatic carbocycles. The summed E-state index contributed by atoms with van der Waals surface area (Å²) in [6, 6.07) is -1.06. The predicted molar refractivity (Wildman–Crippen MR) is 122 cm³/mol. The van der Waals surface area contributed by atoms with Gasteiger partial charge >= 0.3 is 11.2 Å². The number of nitrogens with zero attached hydrogens (tertiary/aromatic N) is 2. The maximum absolute atomic E-state index is 12.3. The van der Waals surface area contributed by atoms with E-state index in [9.17, 15) is 9.90 Å². The lowest BCUT2D eigenvalue weighted by atomic mass is 9.93. The van der Waals surface area contributed by atoms with Crippen molar-refractivity contribution in [2.24, 2.45) is 0 Å².